The first kappa shape index (κ1) is 16.5. The molecule has 8 heteroatoms. The number of halogens is 3. The fraction of sp³-hybridized carbons (Fsp3) is 0.571. The number of aromatic nitrogens is 1. The second-order valence-electron chi connectivity index (χ2n) is 5.50. The molecule has 0 bridgehead atoms. The number of pyridine rings is 1. The van der Waals surface area contributed by atoms with Crippen LogP contribution >= 0.6 is 0 Å². The summed E-state index contributed by atoms with van der Waals surface area (Å²) in [4.78, 5) is 16.6. The molecule has 0 saturated carbocycles. The summed E-state index contributed by atoms with van der Waals surface area (Å²) in [5.74, 6) is -0.283. The van der Waals surface area contributed by atoms with E-state index in [0.29, 0.717) is 43.7 Å². The first-order chi connectivity index (χ1) is 10.3. The summed E-state index contributed by atoms with van der Waals surface area (Å²) in [5.41, 5.74) is 6.20. The zero-order valence-electron chi connectivity index (χ0n) is 12.1. The molecule has 1 amide bonds. The summed E-state index contributed by atoms with van der Waals surface area (Å²) in [6.45, 7) is 0.628. The minimum absolute atomic E-state index is 0.276. The fourth-order valence-corrected chi connectivity index (χ4v) is 2.60. The number of piperidine rings is 1. The van der Waals surface area contributed by atoms with Crippen molar-refractivity contribution in [2.45, 2.75) is 19.0 Å². The standard InChI is InChI=1S/C14H19F3N4O/c15-14(16,17)9-21-5-2-10(3-6-21)7-20-12-1-4-19-8-11(12)13(18)22/h1,4,8,10H,2-3,5-7,9H2,(H2,18,22)(H,19,20). The number of amides is 1. The fourth-order valence-electron chi connectivity index (χ4n) is 2.60. The molecule has 122 valence electrons. The molecule has 0 atom stereocenters. The van der Waals surface area contributed by atoms with Crippen LogP contribution in [0.2, 0.25) is 0 Å². The van der Waals surface area contributed by atoms with E-state index >= 15 is 0 Å². The van der Waals surface area contributed by atoms with Gasteiger partial charge in [0.25, 0.3) is 5.91 Å². The van der Waals surface area contributed by atoms with E-state index in [-0.39, 0.29) is 5.92 Å². The Labute approximate surface area is 126 Å². The molecule has 3 N–H and O–H groups in total. The van der Waals surface area contributed by atoms with Crippen LogP contribution in [-0.2, 0) is 0 Å². The van der Waals surface area contributed by atoms with E-state index in [2.05, 4.69) is 10.3 Å². The molecule has 0 unspecified atom stereocenters. The number of carbonyl (C=O) groups excluding carboxylic acids is 1. The average molecular weight is 316 g/mol. The van der Waals surface area contributed by atoms with Gasteiger partial charge in [0.05, 0.1) is 17.8 Å². The zero-order chi connectivity index (χ0) is 16.2. The van der Waals surface area contributed by atoms with Gasteiger partial charge in [-0.3, -0.25) is 14.7 Å². The zero-order valence-corrected chi connectivity index (χ0v) is 12.1. The van der Waals surface area contributed by atoms with Gasteiger partial charge in [0.1, 0.15) is 0 Å². The van der Waals surface area contributed by atoms with E-state index in [1.807, 2.05) is 0 Å². The first-order valence-corrected chi connectivity index (χ1v) is 7.12. The van der Waals surface area contributed by atoms with E-state index in [1.54, 1.807) is 12.3 Å². The average Bonchev–Trinajstić information content (AvgIpc) is 2.45. The molecule has 22 heavy (non-hydrogen) atoms. The van der Waals surface area contributed by atoms with Crippen molar-refractivity contribution in [1.29, 1.82) is 0 Å². The molecule has 0 aromatic carbocycles. The largest absolute Gasteiger partial charge is 0.401 e. The van der Waals surface area contributed by atoms with Crippen molar-refractivity contribution >= 4 is 11.6 Å². The van der Waals surface area contributed by atoms with Crippen LogP contribution in [0.3, 0.4) is 0 Å². The molecule has 5 nitrogen and oxygen atoms in total. The lowest BCUT2D eigenvalue weighted by Gasteiger charge is -2.32. The number of hydrogen-bond donors (Lipinski definition) is 2. The van der Waals surface area contributed by atoms with E-state index in [9.17, 15) is 18.0 Å². The lowest BCUT2D eigenvalue weighted by Crippen LogP contribution is -2.41. The predicted molar refractivity (Wildman–Crippen MR) is 76.5 cm³/mol. The maximum absolute atomic E-state index is 12.3. The maximum atomic E-state index is 12.3. The number of primary amides is 1. The number of carbonyl (C=O) groups is 1. The monoisotopic (exact) mass is 316 g/mol. The van der Waals surface area contributed by atoms with Crippen LogP contribution in [-0.4, -0.2) is 48.1 Å². The van der Waals surface area contributed by atoms with Gasteiger partial charge in [0, 0.05) is 18.9 Å². The Kier molecular flexibility index (Phi) is 5.23. The van der Waals surface area contributed by atoms with Gasteiger partial charge in [0.2, 0.25) is 0 Å². The molecule has 2 heterocycles. The lowest BCUT2D eigenvalue weighted by molar-refractivity contribution is -0.148. The van der Waals surface area contributed by atoms with E-state index < -0.39 is 18.6 Å². The Balaban J connectivity index is 1.81. The molecule has 1 aliphatic rings. The van der Waals surface area contributed by atoms with Gasteiger partial charge in [0.15, 0.2) is 0 Å². The van der Waals surface area contributed by atoms with Gasteiger partial charge in [-0.25, -0.2) is 0 Å². The molecule has 1 aromatic heterocycles. The van der Waals surface area contributed by atoms with Crippen molar-refractivity contribution in [3.8, 4) is 0 Å². The summed E-state index contributed by atoms with van der Waals surface area (Å²) < 4.78 is 37.0. The van der Waals surface area contributed by atoms with Crippen molar-refractivity contribution in [2.75, 3.05) is 31.5 Å². The SMILES string of the molecule is NC(=O)c1cnccc1NCC1CCN(CC(F)(F)F)CC1. The number of nitrogens with one attached hydrogen (secondary N) is 1. The van der Waals surface area contributed by atoms with Crippen LogP contribution in [0.15, 0.2) is 18.5 Å². The normalized spacial score (nSPS) is 17.4. The Morgan fingerprint density at radius 3 is 2.68 bits per heavy atom. The number of nitrogens with zero attached hydrogens (tertiary/aromatic N) is 2. The minimum atomic E-state index is -4.14. The maximum Gasteiger partial charge on any atom is 0.401 e. The van der Waals surface area contributed by atoms with Crippen LogP contribution in [0.5, 0.6) is 0 Å². The molecule has 0 aliphatic carbocycles. The lowest BCUT2D eigenvalue weighted by atomic mass is 9.96. The summed E-state index contributed by atoms with van der Waals surface area (Å²) in [7, 11) is 0. The smallest absolute Gasteiger partial charge is 0.384 e. The number of likely N-dealkylation sites (tertiary alicyclic amines) is 1. The first-order valence-electron chi connectivity index (χ1n) is 7.12. The summed E-state index contributed by atoms with van der Waals surface area (Å²) in [5, 5.41) is 3.15. The summed E-state index contributed by atoms with van der Waals surface area (Å²) in [6.07, 6.45) is 0.204. The van der Waals surface area contributed by atoms with Crippen LogP contribution in [0, 0.1) is 5.92 Å². The Morgan fingerprint density at radius 1 is 1.41 bits per heavy atom. The number of hydrogen-bond acceptors (Lipinski definition) is 4. The Morgan fingerprint density at radius 2 is 2.09 bits per heavy atom. The number of alkyl halides is 3. The molecular weight excluding hydrogens is 297 g/mol. The van der Waals surface area contributed by atoms with Crippen LogP contribution in [0.1, 0.15) is 23.2 Å². The third-order valence-electron chi connectivity index (χ3n) is 3.78. The van der Waals surface area contributed by atoms with Gasteiger partial charge in [-0.2, -0.15) is 13.2 Å². The van der Waals surface area contributed by atoms with Crippen LogP contribution < -0.4 is 11.1 Å². The van der Waals surface area contributed by atoms with Crippen molar-refractivity contribution in [3.05, 3.63) is 24.0 Å². The number of rotatable bonds is 5. The highest BCUT2D eigenvalue weighted by atomic mass is 19.4. The van der Waals surface area contributed by atoms with Gasteiger partial charge < -0.3 is 11.1 Å². The van der Waals surface area contributed by atoms with Crippen LogP contribution in [0.25, 0.3) is 0 Å². The van der Waals surface area contributed by atoms with Gasteiger partial charge in [-0.15, -0.1) is 0 Å². The highest BCUT2D eigenvalue weighted by molar-refractivity contribution is 5.98. The topological polar surface area (TPSA) is 71.2 Å². The molecule has 1 saturated heterocycles. The van der Waals surface area contributed by atoms with Crippen molar-refractivity contribution in [1.82, 2.24) is 9.88 Å². The third kappa shape index (κ3) is 4.87. The van der Waals surface area contributed by atoms with Crippen molar-refractivity contribution < 1.29 is 18.0 Å². The molecule has 0 spiro atoms. The molecule has 1 aliphatic heterocycles. The molecule has 0 radical (unpaired) electrons. The second-order valence-corrected chi connectivity index (χ2v) is 5.50. The molecular formula is C14H19F3N4O. The third-order valence-corrected chi connectivity index (χ3v) is 3.78. The highest BCUT2D eigenvalue weighted by Gasteiger charge is 2.32. The molecule has 1 fully saturated rings. The quantitative estimate of drug-likeness (QED) is 0.870. The summed E-state index contributed by atoms with van der Waals surface area (Å²) in [6, 6.07) is 1.67. The summed E-state index contributed by atoms with van der Waals surface area (Å²) >= 11 is 0. The minimum Gasteiger partial charge on any atom is -0.384 e. The number of anilines is 1. The van der Waals surface area contributed by atoms with Gasteiger partial charge >= 0.3 is 6.18 Å². The van der Waals surface area contributed by atoms with E-state index in [4.69, 9.17) is 5.73 Å². The highest BCUT2D eigenvalue weighted by Crippen LogP contribution is 2.23. The second kappa shape index (κ2) is 6.95. The van der Waals surface area contributed by atoms with E-state index in [1.165, 1.54) is 11.1 Å². The predicted octanol–water partition coefficient (Wildman–Crippen LogP) is 1.87. The van der Waals surface area contributed by atoms with E-state index in [0.717, 1.165) is 0 Å². The van der Waals surface area contributed by atoms with Gasteiger partial charge in [-0.1, -0.05) is 0 Å². The Bertz CT molecular complexity index is 513. The van der Waals surface area contributed by atoms with Crippen molar-refractivity contribution in [2.24, 2.45) is 11.7 Å². The molecule has 1 aromatic rings. The van der Waals surface area contributed by atoms with Crippen molar-refractivity contribution in [3.63, 3.8) is 0 Å². The number of nitrogens with two attached hydrogens (primary N) is 1. The Hall–Kier alpha value is -1.83. The van der Waals surface area contributed by atoms with Gasteiger partial charge in [-0.05, 0) is 37.9 Å². The molecule has 2 rings (SSSR count). The van der Waals surface area contributed by atoms with Crippen LogP contribution in [0.4, 0.5) is 18.9 Å².